The van der Waals surface area contributed by atoms with Gasteiger partial charge < -0.3 is 5.32 Å². The minimum Gasteiger partial charge on any atom is -0.324 e. The molecule has 1 N–H and O–H groups in total. The zero-order valence-corrected chi connectivity index (χ0v) is 11.2. The second-order valence-electron chi connectivity index (χ2n) is 4.65. The van der Waals surface area contributed by atoms with E-state index in [1.54, 1.807) is 0 Å². The van der Waals surface area contributed by atoms with Crippen molar-refractivity contribution in [3.8, 4) is 11.1 Å². The van der Waals surface area contributed by atoms with Gasteiger partial charge in [-0.1, -0.05) is 48.0 Å². The first-order valence-corrected chi connectivity index (χ1v) is 6.52. The number of benzene rings is 2. The molecule has 0 atom stereocenters. The number of hydrogen-bond donors (Lipinski definition) is 1. The molecule has 0 fully saturated rings. The highest BCUT2D eigenvalue weighted by Gasteiger charge is 2.00. The summed E-state index contributed by atoms with van der Waals surface area (Å²) >= 11 is 0. The normalized spacial score (nSPS) is 10.2. The van der Waals surface area contributed by atoms with Crippen molar-refractivity contribution in [3.05, 3.63) is 72.6 Å². The third-order valence-electron chi connectivity index (χ3n) is 3.07. The summed E-state index contributed by atoms with van der Waals surface area (Å²) in [5, 5.41) is 3.17. The van der Waals surface area contributed by atoms with Crippen molar-refractivity contribution in [2.75, 3.05) is 5.32 Å². The van der Waals surface area contributed by atoms with Gasteiger partial charge in [-0.05, 0) is 24.6 Å². The Kier molecular flexibility index (Phi) is 3.42. The van der Waals surface area contributed by atoms with Crippen LogP contribution in [-0.4, -0.2) is 9.97 Å². The maximum atomic E-state index is 4.35. The lowest BCUT2D eigenvalue weighted by molar-refractivity contribution is 1.17. The molecule has 0 saturated carbocycles. The maximum Gasteiger partial charge on any atom is 0.227 e. The summed E-state index contributed by atoms with van der Waals surface area (Å²) in [4.78, 5) is 8.70. The van der Waals surface area contributed by atoms with Gasteiger partial charge in [0.25, 0.3) is 0 Å². The van der Waals surface area contributed by atoms with Gasteiger partial charge in [0.15, 0.2) is 0 Å². The Morgan fingerprint density at radius 1 is 0.750 bits per heavy atom. The van der Waals surface area contributed by atoms with Gasteiger partial charge in [-0.25, -0.2) is 9.97 Å². The summed E-state index contributed by atoms with van der Waals surface area (Å²) in [6.45, 7) is 2.08. The Morgan fingerprint density at radius 3 is 2.05 bits per heavy atom. The number of hydrogen-bond acceptors (Lipinski definition) is 3. The fourth-order valence-electron chi connectivity index (χ4n) is 1.94. The lowest BCUT2D eigenvalue weighted by atomic mass is 10.1. The first kappa shape index (κ1) is 12.4. The molecular weight excluding hydrogens is 246 g/mol. The largest absolute Gasteiger partial charge is 0.324 e. The average Bonchev–Trinajstić information content (AvgIpc) is 2.50. The Hall–Kier alpha value is -2.68. The molecule has 0 saturated heterocycles. The summed E-state index contributed by atoms with van der Waals surface area (Å²) in [5.41, 5.74) is 4.37. The van der Waals surface area contributed by atoms with Gasteiger partial charge in [-0.15, -0.1) is 0 Å². The highest BCUT2D eigenvalue weighted by Crippen LogP contribution is 2.19. The van der Waals surface area contributed by atoms with Crippen LogP contribution in [0.15, 0.2) is 67.0 Å². The van der Waals surface area contributed by atoms with Crippen LogP contribution in [0.2, 0.25) is 0 Å². The van der Waals surface area contributed by atoms with Crippen LogP contribution in [0, 0.1) is 6.92 Å². The average molecular weight is 261 g/mol. The molecule has 98 valence electrons. The molecule has 0 unspecified atom stereocenters. The van der Waals surface area contributed by atoms with E-state index in [0.29, 0.717) is 5.95 Å². The summed E-state index contributed by atoms with van der Waals surface area (Å²) < 4.78 is 0. The molecule has 0 spiro atoms. The van der Waals surface area contributed by atoms with Gasteiger partial charge in [0.2, 0.25) is 5.95 Å². The van der Waals surface area contributed by atoms with E-state index < -0.39 is 0 Å². The van der Waals surface area contributed by atoms with Crippen LogP contribution in [0.1, 0.15) is 5.56 Å². The molecule has 1 aromatic heterocycles. The summed E-state index contributed by atoms with van der Waals surface area (Å²) in [7, 11) is 0. The van der Waals surface area contributed by atoms with Crippen molar-refractivity contribution in [3.63, 3.8) is 0 Å². The monoisotopic (exact) mass is 261 g/mol. The van der Waals surface area contributed by atoms with E-state index in [1.807, 2.05) is 42.7 Å². The Labute approximate surface area is 118 Å². The number of aryl methyl sites for hydroxylation is 1. The fraction of sp³-hybridized carbons (Fsp3) is 0.0588. The van der Waals surface area contributed by atoms with Crippen LogP contribution < -0.4 is 5.32 Å². The van der Waals surface area contributed by atoms with Crippen molar-refractivity contribution in [2.45, 2.75) is 6.92 Å². The van der Waals surface area contributed by atoms with E-state index in [4.69, 9.17) is 0 Å². The first-order valence-electron chi connectivity index (χ1n) is 6.52. The molecule has 3 nitrogen and oxygen atoms in total. The molecule has 3 aromatic rings. The van der Waals surface area contributed by atoms with Gasteiger partial charge in [0, 0.05) is 23.6 Å². The van der Waals surface area contributed by atoms with E-state index in [0.717, 1.165) is 16.8 Å². The standard InChI is InChI=1S/C17H15N3/c1-13-7-9-14(10-8-13)15-11-18-17(19-12-15)20-16-5-3-2-4-6-16/h2-12H,1H3,(H,18,19,20). The molecule has 0 bridgehead atoms. The molecule has 2 aromatic carbocycles. The Bertz CT molecular complexity index is 674. The van der Waals surface area contributed by atoms with Crippen molar-refractivity contribution in [1.29, 1.82) is 0 Å². The summed E-state index contributed by atoms with van der Waals surface area (Å²) in [5.74, 6) is 0.604. The van der Waals surface area contributed by atoms with Crippen LogP contribution in [0.25, 0.3) is 11.1 Å². The lowest BCUT2D eigenvalue weighted by Crippen LogP contribution is -1.96. The number of para-hydroxylation sites is 1. The van der Waals surface area contributed by atoms with Crippen molar-refractivity contribution >= 4 is 11.6 Å². The number of rotatable bonds is 3. The van der Waals surface area contributed by atoms with Gasteiger partial charge in [-0.3, -0.25) is 0 Å². The van der Waals surface area contributed by atoms with Crippen LogP contribution in [0.5, 0.6) is 0 Å². The van der Waals surface area contributed by atoms with E-state index in [-0.39, 0.29) is 0 Å². The minimum atomic E-state index is 0.604. The SMILES string of the molecule is Cc1ccc(-c2cnc(Nc3ccccc3)nc2)cc1. The summed E-state index contributed by atoms with van der Waals surface area (Å²) in [6.07, 6.45) is 3.67. The Balaban J connectivity index is 1.79. The molecule has 3 heteroatoms. The van der Waals surface area contributed by atoms with Gasteiger partial charge >= 0.3 is 0 Å². The second kappa shape index (κ2) is 5.53. The fourth-order valence-corrected chi connectivity index (χ4v) is 1.94. The molecule has 20 heavy (non-hydrogen) atoms. The van der Waals surface area contributed by atoms with Crippen LogP contribution in [0.4, 0.5) is 11.6 Å². The number of anilines is 2. The molecule has 0 aliphatic rings. The number of nitrogens with zero attached hydrogens (tertiary/aromatic N) is 2. The summed E-state index contributed by atoms with van der Waals surface area (Å²) in [6, 6.07) is 18.2. The lowest BCUT2D eigenvalue weighted by Gasteiger charge is -2.05. The smallest absolute Gasteiger partial charge is 0.227 e. The maximum absolute atomic E-state index is 4.35. The van der Waals surface area contributed by atoms with Crippen LogP contribution >= 0.6 is 0 Å². The molecule has 0 radical (unpaired) electrons. The van der Waals surface area contributed by atoms with Crippen LogP contribution in [0.3, 0.4) is 0 Å². The van der Waals surface area contributed by atoms with Crippen LogP contribution in [-0.2, 0) is 0 Å². The topological polar surface area (TPSA) is 37.8 Å². The number of aromatic nitrogens is 2. The molecule has 1 heterocycles. The zero-order chi connectivity index (χ0) is 13.8. The molecule has 0 aliphatic heterocycles. The predicted molar refractivity (Wildman–Crippen MR) is 81.9 cm³/mol. The van der Waals surface area contributed by atoms with Gasteiger partial charge in [0.1, 0.15) is 0 Å². The van der Waals surface area contributed by atoms with Gasteiger partial charge in [-0.2, -0.15) is 0 Å². The molecule has 3 rings (SSSR count). The van der Waals surface area contributed by atoms with Gasteiger partial charge in [0.05, 0.1) is 0 Å². The van der Waals surface area contributed by atoms with E-state index in [2.05, 4.69) is 46.5 Å². The zero-order valence-electron chi connectivity index (χ0n) is 11.2. The highest BCUT2D eigenvalue weighted by atomic mass is 15.1. The van der Waals surface area contributed by atoms with Crippen molar-refractivity contribution in [1.82, 2.24) is 9.97 Å². The molecule has 0 amide bonds. The predicted octanol–water partition coefficient (Wildman–Crippen LogP) is 4.20. The third kappa shape index (κ3) is 2.83. The van der Waals surface area contributed by atoms with Crippen molar-refractivity contribution in [2.24, 2.45) is 0 Å². The minimum absolute atomic E-state index is 0.604. The highest BCUT2D eigenvalue weighted by molar-refractivity contribution is 5.63. The third-order valence-corrected chi connectivity index (χ3v) is 3.07. The second-order valence-corrected chi connectivity index (χ2v) is 4.65. The molecular formula is C17H15N3. The first-order chi connectivity index (χ1) is 9.81. The van der Waals surface area contributed by atoms with Crippen molar-refractivity contribution < 1.29 is 0 Å². The number of nitrogens with one attached hydrogen (secondary N) is 1. The Morgan fingerprint density at radius 2 is 1.40 bits per heavy atom. The van der Waals surface area contributed by atoms with E-state index >= 15 is 0 Å². The molecule has 0 aliphatic carbocycles. The van der Waals surface area contributed by atoms with E-state index in [9.17, 15) is 0 Å². The quantitative estimate of drug-likeness (QED) is 0.768. The van der Waals surface area contributed by atoms with E-state index in [1.165, 1.54) is 5.56 Å².